The molecule has 33 heavy (non-hydrogen) atoms. The van der Waals surface area contributed by atoms with Crippen molar-refractivity contribution in [3.8, 4) is 46.0 Å². The van der Waals surface area contributed by atoms with Crippen LogP contribution in [0.1, 0.15) is 33.2 Å². The lowest BCUT2D eigenvalue weighted by Crippen LogP contribution is -2.35. The third-order valence-electron chi connectivity index (χ3n) is 5.48. The maximum atomic E-state index is 12.9. The number of carbonyl (C=O) groups excluding carboxylic acids is 1. The first-order chi connectivity index (χ1) is 15.6. The van der Waals surface area contributed by atoms with Gasteiger partial charge >= 0.3 is 5.97 Å². The van der Waals surface area contributed by atoms with Crippen LogP contribution in [-0.4, -0.2) is 47.8 Å². The van der Waals surface area contributed by atoms with Gasteiger partial charge in [-0.15, -0.1) is 0 Å². The number of hydrogen-bond donors (Lipinski definition) is 7. The van der Waals surface area contributed by atoms with E-state index < -0.39 is 46.9 Å². The fourth-order valence-corrected chi connectivity index (χ4v) is 3.73. The summed E-state index contributed by atoms with van der Waals surface area (Å²) in [5.41, 5.74) is 0.446. The number of fused-ring (bicyclic) bond motifs is 1. The Morgan fingerprint density at radius 2 is 1.55 bits per heavy atom. The highest BCUT2D eigenvalue weighted by Gasteiger charge is 2.37. The lowest BCUT2D eigenvalue weighted by Gasteiger charge is -2.34. The molecule has 0 unspecified atom stereocenters. The summed E-state index contributed by atoms with van der Waals surface area (Å²) < 4.78 is 11.5. The van der Waals surface area contributed by atoms with E-state index in [0.29, 0.717) is 0 Å². The molecule has 0 aliphatic carbocycles. The van der Waals surface area contributed by atoms with Gasteiger partial charge in [-0.25, -0.2) is 4.79 Å². The molecule has 0 radical (unpaired) electrons. The number of aromatic hydroxyl groups is 7. The highest BCUT2D eigenvalue weighted by atomic mass is 16.6. The standard InChI is InChI=1S/C23H20O10/c1-9-12(2-3-14(25)20(9)29)23(31)33-19-8-13-15(26)6-11(24)7-18(13)32-22(19)10-4-16(27)21(30)17(28)5-10/h2-7,19,22,24-30H,8H2,1H3/t19-,22+/m1/s1. The van der Waals surface area contributed by atoms with Gasteiger partial charge in [0.2, 0.25) is 0 Å². The van der Waals surface area contributed by atoms with E-state index in [1.165, 1.54) is 19.1 Å². The number of rotatable bonds is 3. The maximum absolute atomic E-state index is 12.9. The van der Waals surface area contributed by atoms with Crippen molar-refractivity contribution in [2.24, 2.45) is 0 Å². The number of carbonyl (C=O) groups is 1. The van der Waals surface area contributed by atoms with Crippen molar-refractivity contribution in [2.45, 2.75) is 25.6 Å². The fraction of sp³-hybridized carbons (Fsp3) is 0.174. The first-order valence-corrected chi connectivity index (χ1v) is 9.75. The third kappa shape index (κ3) is 3.82. The molecule has 0 fully saturated rings. The van der Waals surface area contributed by atoms with E-state index in [1.807, 2.05) is 0 Å². The average molecular weight is 456 g/mol. The lowest BCUT2D eigenvalue weighted by molar-refractivity contribution is -0.0189. The van der Waals surface area contributed by atoms with Gasteiger partial charge in [-0.3, -0.25) is 0 Å². The van der Waals surface area contributed by atoms with Crippen LogP contribution in [0.25, 0.3) is 0 Å². The smallest absolute Gasteiger partial charge is 0.338 e. The van der Waals surface area contributed by atoms with Gasteiger partial charge in [0.1, 0.15) is 23.4 Å². The molecule has 1 aliphatic rings. The molecule has 3 aromatic carbocycles. The number of esters is 1. The summed E-state index contributed by atoms with van der Waals surface area (Å²) >= 11 is 0. The summed E-state index contributed by atoms with van der Waals surface area (Å²) in [6.45, 7) is 1.42. The van der Waals surface area contributed by atoms with Crippen LogP contribution in [0.3, 0.4) is 0 Å². The highest BCUT2D eigenvalue weighted by Crippen LogP contribution is 2.45. The lowest BCUT2D eigenvalue weighted by atomic mass is 9.93. The summed E-state index contributed by atoms with van der Waals surface area (Å²) in [6, 6.07) is 6.99. The Kier molecular flexibility index (Phi) is 5.21. The monoisotopic (exact) mass is 456 g/mol. The van der Waals surface area contributed by atoms with Gasteiger partial charge in [-0.1, -0.05) is 0 Å². The quantitative estimate of drug-likeness (QED) is 0.229. The second kappa shape index (κ2) is 7.90. The maximum Gasteiger partial charge on any atom is 0.338 e. The molecule has 10 heteroatoms. The van der Waals surface area contributed by atoms with Gasteiger partial charge in [-0.2, -0.15) is 0 Å². The van der Waals surface area contributed by atoms with Gasteiger partial charge < -0.3 is 45.2 Å². The molecule has 1 heterocycles. The molecule has 0 saturated carbocycles. The van der Waals surface area contributed by atoms with Gasteiger partial charge in [0.25, 0.3) is 0 Å². The Hall–Kier alpha value is -4.47. The second-order valence-electron chi connectivity index (χ2n) is 7.64. The molecule has 0 spiro atoms. The van der Waals surface area contributed by atoms with Gasteiger partial charge in [0.05, 0.1) is 5.56 Å². The summed E-state index contributed by atoms with van der Waals surface area (Å²) in [6.07, 6.45) is -2.28. The summed E-state index contributed by atoms with van der Waals surface area (Å²) in [7, 11) is 0. The van der Waals surface area contributed by atoms with Crippen LogP contribution in [0.15, 0.2) is 36.4 Å². The number of phenolic OH excluding ortho intramolecular Hbond substituents is 7. The number of benzene rings is 3. The topological polar surface area (TPSA) is 177 Å². The van der Waals surface area contributed by atoms with Crippen molar-refractivity contribution in [3.63, 3.8) is 0 Å². The minimum absolute atomic E-state index is 0.0267. The zero-order valence-corrected chi connectivity index (χ0v) is 17.2. The molecule has 0 saturated heterocycles. The van der Waals surface area contributed by atoms with Crippen LogP contribution >= 0.6 is 0 Å². The van der Waals surface area contributed by atoms with E-state index >= 15 is 0 Å². The molecule has 0 bridgehead atoms. The van der Waals surface area contributed by atoms with Crippen molar-refractivity contribution < 1.29 is 50.0 Å². The molecule has 2 atom stereocenters. The molecule has 172 valence electrons. The predicted octanol–water partition coefficient (Wildman–Crippen LogP) is 2.84. The van der Waals surface area contributed by atoms with Crippen LogP contribution in [0.5, 0.6) is 46.0 Å². The Labute approximate surface area is 186 Å². The van der Waals surface area contributed by atoms with Crippen molar-refractivity contribution >= 4 is 5.97 Å². The third-order valence-corrected chi connectivity index (χ3v) is 5.48. The molecule has 0 amide bonds. The van der Waals surface area contributed by atoms with Crippen molar-refractivity contribution in [2.75, 3.05) is 0 Å². The van der Waals surface area contributed by atoms with E-state index in [-0.39, 0.29) is 45.9 Å². The molecule has 10 nitrogen and oxygen atoms in total. The molecule has 4 rings (SSSR count). The highest BCUT2D eigenvalue weighted by molar-refractivity contribution is 5.92. The first-order valence-electron chi connectivity index (χ1n) is 9.75. The van der Waals surface area contributed by atoms with Gasteiger partial charge in [0, 0.05) is 35.2 Å². The van der Waals surface area contributed by atoms with Crippen molar-refractivity contribution in [1.82, 2.24) is 0 Å². The van der Waals surface area contributed by atoms with Crippen LogP contribution in [0.2, 0.25) is 0 Å². The molecule has 7 N–H and O–H groups in total. The van der Waals surface area contributed by atoms with Crippen LogP contribution < -0.4 is 4.74 Å². The van der Waals surface area contributed by atoms with E-state index in [0.717, 1.165) is 24.3 Å². The van der Waals surface area contributed by atoms with Gasteiger partial charge in [0.15, 0.2) is 34.9 Å². The number of ether oxygens (including phenoxy) is 2. The summed E-state index contributed by atoms with van der Waals surface area (Å²) in [5, 5.41) is 69.1. The molecular weight excluding hydrogens is 436 g/mol. The Morgan fingerprint density at radius 1 is 0.879 bits per heavy atom. The van der Waals surface area contributed by atoms with Crippen LogP contribution in [0, 0.1) is 6.92 Å². The largest absolute Gasteiger partial charge is 0.508 e. The van der Waals surface area contributed by atoms with Gasteiger partial charge in [-0.05, 0) is 31.2 Å². The van der Waals surface area contributed by atoms with Crippen molar-refractivity contribution in [3.05, 3.63) is 58.7 Å². The second-order valence-corrected chi connectivity index (χ2v) is 7.64. The zero-order valence-electron chi connectivity index (χ0n) is 17.2. The van der Waals surface area contributed by atoms with Crippen LogP contribution in [-0.2, 0) is 11.2 Å². The normalized spacial score (nSPS) is 17.1. The zero-order chi connectivity index (χ0) is 24.0. The number of hydrogen-bond acceptors (Lipinski definition) is 10. The SMILES string of the molecule is Cc1c(C(=O)O[C@@H]2Cc3c(O)cc(O)cc3O[C@H]2c2cc(O)c(O)c(O)c2)ccc(O)c1O. The molecule has 0 aromatic heterocycles. The Balaban J connectivity index is 1.76. The summed E-state index contributed by atoms with van der Waals surface area (Å²) in [5.74, 6) is -4.24. The van der Waals surface area contributed by atoms with Crippen molar-refractivity contribution in [1.29, 1.82) is 0 Å². The van der Waals surface area contributed by atoms with E-state index in [9.17, 15) is 40.5 Å². The molecular formula is C23H20O10. The fourth-order valence-electron chi connectivity index (χ4n) is 3.73. The first kappa shape index (κ1) is 21.8. The van der Waals surface area contributed by atoms with E-state index in [2.05, 4.69) is 0 Å². The Morgan fingerprint density at radius 3 is 2.21 bits per heavy atom. The Bertz CT molecular complexity index is 1240. The average Bonchev–Trinajstić information content (AvgIpc) is 2.75. The number of phenols is 7. The van der Waals surface area contributed by atoms with E-state index in [1.54, 1.807) is 0 Å². The van der Waals surface area contributed by atoms with E-state index in [4.69, 9.17) is 9.47 Å². The molecule has 1 aliphatic heterocycles. The van der Waals surface area contributed by atoms with Crippen LogP contribution in [0.4, 0.5) is 0 Å². The minimum atomic E-state index is -1.12. The minimum Gasteiger partial charge on any atom is -0.508 e. The predicted molar refractivity (Wildman–Crippen MR) is 112 cm³/mol. The molecule has 3 aromatic rings. The summed E-state index contributed by atoms with van der Waals surface area (Å²) in [4.78, 5) is 12.9.